The minimum atomic E-state index is -0.834. The molecule has 7 heteroatoms. The molecule has 0 saturated carbocycles. The molecule has 1 aliphatic heterocycles. The molecule has 0 radical (unpaired) electrons. The molecule has 0 bridgehead atoms. The highest BCUT2D eigenvalue weighted by Crippen LogP contribution is 2.29. The number of aromatic nitrogens is 2. The normalized spacial score (nSPS) is 18.4. The van der Waals surface area contributed by atoms with E-state index in [9.17, 15) is 9.59 Å². The number of nitrogens with zero attached hydrogens (tertiary/aromatic N) is 3. The highest BCUT2D eigenvalue weighted by molar-refractivity contribution is 5.75. The minimum Gasteiger partial charge on any atom is -0.480 e. The van der Waals surface area contributed by atoms with Gasteiger partial charge in [-0.25, -0.2) is 9.97 Å². The number of carboxylic acids is 1. The molecule has 2 N–H and O–H groups in total. The maximum atomic E-state index is 11.4. The smallest absolute Gasteiger partial charge is 0.317 e. The van der Waals surface area contributed by atoms with Gasteiger partial charge in [-0.2, -0.15) is 0 Å². The second-order valence-corrected chi connectivity index (χ2v) is 5.55. The highest BCUT2D eigenvalue weighted by Gasteiger charge is 2.29. The van der Waals surface area contributed by atoms with Gasteiger partial charge in [0, 0.05) is 24.9 Å². The van der Waals surface area contributed by atoms with Gasteiger partial charge in [-0.3, -0.25) is 14.5 Å². The van der Waals surface area contributed by atoms with Gasteiger partial charge in [0.2, 0.25) is 5.91 Å². The van der Waals surface area contributed by atoms with Crippen molar-refractivity contribution in [2.24, 2.45) is 0 Å². The quantitative estimate of drug-likeness (QED) is 0.802. The Hall–Kier alpha value is -2.02. The summed E-state index contributed by atoms with van der Waals surface area (Å²) in [5, 5.41) is 11.6. The van der Waals surface area contributed by atoms with E-state index in [1.807, 2.05) is 17.9 Å². The number of aliphatic carboxylic acids is 1. The SMILES string of the molecule is CNC(=O)CCc1cc(C)nc([C@H]2CCCN2CC(=O)O)n1. The molecule has 1 aliphatic rings. The van der Waals surface area contributed by atoms with Crippen LogP contribution >= 0.6 is 0 Å². The molecular formula is C15H22N4O3. The van der Waals surface area contributed by atoms with Crippen LogP contribution in [-0.2, 0) is 16.0 Å². The number of carbonyl (C=O) groups excluding carboxylic acids is 1. The maximum Gasteiger partial charge on any atom is 0.317 e. The van der Waals surface area contributed by atoms with Crippen LogP contribution in [0.3, 0.4) is 0 Å². The first-order chi connectivity index (χ1) is 10.5. The van der Waals surface area contributed by atoms with E-state index in [4.69, 9.17) is 5.11 Å². The van der Waals surface area contributed by atoms with Crippen LogP contribution in [0.5, 0.6) is 0 Å². The Balaban J connectivity index is 2.14. The number of nitrogens with one attached hydrogen (secondary N) is 1. The van der Waals surface area contributed by atoms with Crippen molar-refractivity contribution in [3.05, 3.63) is 23.3 Å². The second-order valence-electron chi connectivity index (χ2n) is 5.55. The monoisotopic (exact) mass is 306 g/mol. The molecule has 1 aromatic heterocycles. The van der Waals surface area contributed by atoms with Crippen LogP contribution in [0.25, 0.3) is 0 Å². The van der Waals surface area contributed by atoms with Gasteiger partial charge in [0.1, 0.15) is 5.82 Å². The Labute approximate surface area is 129 Å². The maximum absolute atomic E-state index is 11.4. The van der Waals surface area contributed by atoms with Crippen molar-refractivity contribution in [2.75, 3.05) is 20.1 Å². The molecular weight excluding hydrogens is 284 g/mol. The molecule has 1 fully saturated rings. The molecule has 0 aromatic carbocycles. The van der Waals surface area contributed by atoms with Crippen molar-refractivity contribution in [2.45, 2.75) is 38.6 Å². The van der Waals surface area contributed by atoms with Gasteiger partial charge in [-0.15, -0.1) is 0 Å². The Bertz CT molecular complexity index is 562. The Morgan fingerprint density at radius 2 is 2.23 bits per heavy atom. The number of rotatable bonds is 6. The summed E-state index contributed by atoms with van der Waals surface area (Å²) in [6.07, 6.45) is 2.76. The fraction of sp³-hybridized carbons (Fsp3) is 0.600. The standard InChI is InChI=1S/C15H22N4O3/c1-10-8-11(5-6-13(20)16-2)18-15(17-10)12-4-3-7-19(12)9-14(21)22/h8,12H,3-7,9H2,1-2H3,(H,16,20)(H,21,22)/t12-/m1/s1. The van der Waals surface area contributed by atoms with Crippen molar-refractivity contribution in [3.63, 3.8) is 0 Å². The number of carboxylic acid groups (broad SMARTS) is 1. The first kappa shape index (κ1) is 16.4. The van der Waals surface area contributed by atoms with E-state index in [-0.39, 0.29) is 18.5 Å². The van der Waals surface area contributed by atoms with Gasteiger partial charge >= 0.3 is 5.97 Å². The van der Waals surface area contributed by atoms with Crippen molar-refractivity contribution < 1.29 is 14.7 Å². The molecule has 22 heavy (non-hydrogen) atoms. The number of aryl methyl sites for hydroxylation is 2. The van der Waals surface area contributed by atoms with Crippen LogP contribution in [0.15, 0.2) is 6.07 Å². The molecule has 120 valence electrons. The van der Waals surface area contributed by atoms with E-state index < -0.39 is 5.97 Å². The second kappa shape index (κ2) is 7.31. The van der Waals surface area contributed by atoms with Gasteiger partial charge in [0.05, 0.1) is 12.6 Å². The van der Waals surface area contributed by atoms with Crippen LogP contribution in [0.4, 0.5) is 0 Å². The van der Waals surface area contributed by atoms with Crippen molar-refractivity contribution in [1.82, 2.24) is 20.2 Å². The van der Waals surface area contributed by atoms with E-state index in [0.29, 0.717) is 18.7 Å². The molecule has 1 atom stereocenters. The van der Waals surface area contributed by atoms with Crippen LogP contribution in [-0.4, -0.2) is 52.0 Å². The van der Waals surface area contributed by atoms with Crippen LogP contribution in [0.1, 0.15) is 42.5 Å². The third-order valence-corrected chi connectivity index (χ3v) is 3.81. The third kappa shape index (κ3) is 4.24. The summed E-state index contributed by atoms with van der Waals surface area (Å²) in [7, 11) is 1.61. The van der Waals surface area contributed by atoms with Crippen LogP contribution in [0.2, 0.25) is 0 Å². The first-order valence-electron chi connectivity index (χ1n) is 7.50. The van der Waals surface area contributed by atoms with Crippen LogP contribution in [0, 0.1) is 6.92 Å². The van der Waals surface area contributed by atoms with Gasteiger partial charge in [0.15, 0.2) is 0 Å². The largest absolute Gasteiger partial charge is 0.480 e. The lowest BCUT2D eigenvalue weighted by atomic mass is 10.1. The average Bonchev–Trinajstić information content (AvgIpc) is 2.91. The zero-order valence-electron chi connectivity index (χ0n) is 13.0. The van der Waals surface area contributed by atoms with E-state index in [1.54, 1.807) is 7.05 Å². The predicted molar refractivity (Wildman–Crippen MR) is 80.3 cm³/mol. The number of hydrogen-bond acceptors (Lipinski definition) is 5. The number of carbonyl (C=O) groups is 2. The fourth-order valence-corrected chi connectivity index (χ4v) is 2.78. The van der Waals surface area contributed by atoms with Gasteiger partial charge < -0.3 is 10.4 Å². The Kier molecular flexibility index (Phi) is 5.43. The number of amides is 1. The summed E-state index contributed by atoms with van der Waals surface area (Å²) in [5.41, 5.74) is 1.67. The van der Waals surface area contributed by atoms with Crippen molar-refractivity contribution in [1.29, 1.82) is 0 Å². The average molecular weight is 306 g/mol. The zero-order valence-corrected chi connectivity index (χ0v) is 13.0. The summed E-state index contributed by atoms with van der Waals surface area (Å²) >= 11 is 0. The van der Waals surface area contributed by atoms with E-state index in [1.165, 1.54) is 0 Å². The topological polar surface area (TPSA) is 95.4 Å². The van der Waals surface area contributed by atoms with E-state index >= 15 is 0 Å². The third-order valence-electron chi connectivity index (χ3n) is 3.81. The summed E-state index contributed by atoms with van der Waals surface area (Å²) in [5.74, 6) is -0.184. The van der Waals surface area contributed by atoms with Crippen molar-refractivity contribution >= 4 is 11.9 Å². The molecule has 1 saturated heterocycles. The first-order valence-corrected chi connectivity index (χ1v) is 7.50. The molecule has 0 spiro atoms. The lowest BCUT2D eigenvalue weighted by Crippen LogP contribution is -2.30. The zero-order chi connectivity index (χ0) is 16.1. The van der Waals surface area contributed by atoms with E-state index in [2.05, 4.69) is 15.3 Å². The van der Waals surface area contributed by atoms with Gasteiger partial charge in [-0.05, 0) is 38.8 Å². The minimum absolute atomic E-state index is 0.00947. The highest BCUT2D eigenvalue weighted by atomic mass is 16.4. The number of likely N-dealkylation sites (tertiary alicyclic amines) is 1. The number of hydrogen-bond donors (Lipinski definition) is 2. The Morgan fingerprint density at radius 3 is 2.91 bits per heavy atom. The molecule has 1 aromatic rings. The molecule has 0 unspecified atom stereocenters. The van der Waals surface area contributed by atoms with Gasteiger partial charge in [0.25, 0.3) is 0 Å². The molecule has 1 amide bonds. The fourth-order valence-electron chi connectivity index (χ4n) is 2.78. The summed E-state index contributed by atoms with van der Waals surface area (Å²) in [6.45, 7) is 2.66. The lowest BCUT2D eigenvalue weighted by Gasteiger charge is -2.21. The summed E-state index contributed by atoms with van der Waals surface area (Å²) < 4.78 is 0. The molecule has 2 rings (SSSR count). The predicted octanol–water partition coefficient (Wildman–Crippen LogP) is 0.685. The van der Waals surface area contributed by atoms with Crippen LogP contribution < -0.4 is 5.32 Å². The summed E-state index contributed by atoms with van der Waals surface area (Å²) in [4.78, 5) is 33.2. The molecule has 0 aliphatic carbocycles. The Morgan fingerprint density at radius 1 is 1.45 bits per heavy atom. The summed E-state index contributed by atoms with van der Waals surface area (Å²) in [6, 6.07) is 1.83. The van der Waals surface area contributed by atoms with E-state index in [0.717, 1.165) is 30.8 Å². The van der Waals surface area contributed by atoms with Gasteiger partial charge in [-0.1, -0.05) is 0 Å². The van der Waals surface area contributed by atoms with Crippen molar-refractivity contribution in [3.8, 4) is 0 Å². The molecule has 7 nitrogen and oxygen atoms in total. The lowest BCUT2D eigenvalue weighted by molar-refractivity contribution is -0.138. The molecule has 2 heterocycles.